The number of pyridine rings is 1. The Morgan fingerprint density at radius 2 is 1.83 bits per heavy atom. The number of unbranched alkanes of at least 4 members (excludes halogenated alkanes) is 1. The van der Waals surface area contributed by atoms with Gasteiger partial charge < -0.3 is 4.90 Å². The molecule has 1 aromatic heterocycles. The molecule has 0 spiro atoms. The Labute approximate surface area is 177 Å². The van der Waals surface area contributed by atoms with Crippen molar-refractivity contribution in [2.75, 3.05) is 22.8 Å². The summed E-state index contributed by atoms with van der Waals surface area (Å²) in [5, 5.41) is 0. The van der Waals surface area contributed by atoms with Crippen LogP contribution in [0.25, 0.3) is 0 Å². The summed E-state index contributed by atoms with van der Waals surface area (Å²) < 4.78 is 51.3. The monoisotopic (exact) mass is 451 g/mol. The first-order valence-corrected chi connectivity index (χ1v) is 13.1. The second kappa shape index (κ2) is 9.13. The van der Waals surface area contributed by atoms with Crippen LogP contribution in [0.4, 0.5) is 5.69 Å². The van der Waals surface area contributed by atoms with Gasteiger partial charge in [-0.15, -0.1) is 0 Å². The SMILES string of the molecule is CCCCN(C(=O)c1ccc(S(=O)(=O)Nc2ccncc2)cc1)C1CCS(=O)(=O)C1. The highest BCUT2D eigenvalue weighted by Crippen LogP contribution is 2.22. The van der Waals surface area contributed by atoms with E-state index < -0.39 is 19.9 Å². The van der Waals surface area contributed by atoms with Gasteiger partial charge in [0.05, 0.1) is 22.1 Å². The second-order valence-electron chi connectivity index (χ2n) is 7.27. The zero-order chi connectivity index (χ0) is 21.8. The third-order valence-electron chi connectivity index (χ3n) is 5.01. The first kappa shape index (κ1) is 22.2. The van der Waals surface area contributed by atoms with Crippen molar-refractivity contribution in [3.05, 3.63) is 54.4 Å². The number of nitrogens with one attached hydrogen (secondary N) is 1. The molecule has 8 nitrogen and oxygen atoms in total. The van der Waals surface area contributed by atoms with Crippen molar-refractivity contribution in [1.82, 2.24) is 9.88 Å². The molecule has 2 heterocycles. The van der Waals surface area contributed by atoms with Crippen LogP contribution in [0.3, 0.4) is 0 Å². The molecule has 30 heavy (non-hydrogen) atoms. The van der Waals surface area contributed by atoms with Crippen LogP contribution in [-0.2, 0) is 19.9 Å². The van der Waals surface area contributed by atoms with Gasteiger partial charge >= 0.3 is 0 Å². The lowest BCUT2D eigenvalue weighted by atomic mass is 10.1. The molecule has 1 aromatic carbocycles. The number of amides is 1. The standard InChI is InChI=1S/C20H25N3O5S2/c1-2-3-13-23(18-10-14-29(25,26)15-18)20(24)16-4-6-19(7-5-16)30(27,28)22-17-8-11-21-12-9-17/h4-9,11-12,18H,2-3,10,13-15H2,1H3,(H,21,22). The molecule has 0 radical (unpaired) electrons. The summed E-state index contributed by atoms with van der Waals surface area (Å²) in [5.41, 5.74) is 0.719. The predicted molar refractivity (Wildman–Crippen MR) is 114 cm³/mol. The summed E-state index contributed by atoms with van der Waals surface area (Å²) in [6.45, 7) is 2.47. The average molecular weight is 452 g/mol. The number of carbonyl (C=O) groups is 1. The number of anilines is 1. The molecule has 10 heteroatoms. The zero-order valence-electron chi connectivity index (χ0n) is 16.7. The van der Waals surface area contributed by atoms with E-state index in [4.69, 9.17) is 0 Å². The summed E-state index contributed by atoms with van der Waals surface area (Å²) in [6.07, 6.45) is 5.03. The number of aromatic nitrogens is 1. The molecule has 1 saturated heterocycles. The van der Waals surface area contributed by atoms with Gasteiger partial charge in [-0.25, -0.2) is 16.8 Å². The van der Waals surface area contributed by atoms with Crippen LogP contribution in [0.2, 0.25) is 0 Å². The highest BCUT2D eigenvalue weighted by molar-refractivity contribution is 7.92. The summed E-state index contributed by atoms with van der Waals surface area (Å²) in [4.78, 5) is 18.5. The van der Waals surface area contributed by atoms with E-state index in [0.717, 1.165) is 12.8 Å². The van der Waals surface area contributed by atoms with Crippen molar-refractivity contribution in [3.8, 4) is 0 Å². The van der Waals surface area contributed by atoms with Gasteiger partial charge in [0.25, 0.3) is 15.9 Å². The molecular formula is C20H25N3O5S2. The van der Waals surface area contributed by atoms with Gasteiger partial charge in [0.2, 0.25) is 0 Å². The van der Waals surface area contributed by atoms with Crippen molar-refractivity contribution in [3.63, 3.8) is 0 Å². The number of sulfone groups is 1. The lowest BCUT2D eigenvalue weighted by molar-refractivity contribution is 0.0694. The molecular weight excluding hydrogens is 426 g/mol. The molecule has 1 aliphatic heterocycles. The first-order chi connectivity index (χ1) is 14.2. The quantitative estimate of drug-likeness (QED) is 0.659. The number of carbonyl (C=O) groups excluding carboxylic acids is 1. The van der Waals surface area contributed by atoms with E-state index in [2.05, 4.69) is 9.71 Å². The second-order valence-corrected chi connectivity index (χ2v) is 11.2. The topological polar surface area (TPSA) is 114 Å². The number of hydrogen-bond donors (Lipinski definition) is 1. The predicted octanol–water partition coefficient (Wildman–Crippen LogP) is 2.31. The smallest absolute Gasteiger partial charge is 0.261 e. The molecule has 0 saturated carbocycles. The van der Waals surface area contributed by atoms with Gasteiger partial charge in [-0.1, -0.05) is 13.3 Å². The number of rotatable bonds is 8. The van der Waals surface area contributed by atoms with Crippen LogP contribution in [0, 0.1) is 0 Å². The zero-order valence-corrected chi connectivity index (χ0v) is 18.3. The maximum atomic E-state index is 13.1. The minimum Gasteiger partial charge on any atom is -0.335 e. The third-order valence-corrected chi connectivity index (χ3v) is 8.15. The summed E-state index contributed by atoms with van der Waals surface area (Å²) in [6, 6.07) is 8.41. The van der Waals surface area contributed by atoms with Crippen molar-refractivity contribution in [2.24, 2.45) is 0 Å². The van der Waals surface area contributed by atoms with Gasteiger partial charge in [-0.05, 0) is 49.2 Å². The molecule has 1 N–H and O–H groups in total. The lowest BCUT2D eigenvalue weighted by Crippen LogP contribution is -2.41. The van der Waals surface area contributed by atoms with Gasteiger partial charge in [-0.3, -0.25) is 14.5 Å². The molecule has 0 bridgehead atoms. The van der Waals surface area contributed by atoms with Crippen LogP contribution < -0.4 is 4.72 Å². The third kappa shape index (κ3) is 5.37. The van der Waals surface area contributed by atoms with E-state index in [1.165, 1.54) is 48.8 Å². The Bertz CT molecular complexity index is 1090. The summed E-state index contributed by atoms with van der Waals surface area (Å²) in [7, 11) is -6.93. The summed E-state index contributed by atoms with van der Waals surface area (Å²) in [5.74, 6) is -0.215. The Kier molecular flexibility index (Phi) is 6.77. The van der Waals surface area contributed by atoms with E-state index in [9.17, 15) is 21.6 Å². The van der Waals surface area contributed by atoms with Crippen molar-refractivity contribution in [2.45, 2.75) is 37.1 Å². The first-order valence-electron chi connectivity index (χ1n) is 9.76. The Hall–Kier alpha value is -2.46. The number of hydrogen-bond acceptors (Lipinski definition) is 6. The molecule has 3 rings (SSSR count). The largest absolute Gasteiger partial charge is 0.335 e. The van der Waals surface area contributed by atoms with Crippen molar-refractivity contribution in [1.29, 1.82) is 0 Å². The van der Waals surface area contributed by atoms with Gasteiger partial charge in [-0.2, -0.15) is 0 Å². The molecule has 1 unspecified atom stereocenters. The molecule has 1 amide bonds. The van der Waals surface area contributed by atoms with Gasteiger partial charge in [0.1, 0.15) is 0 Å². The van der Waals surface area contributed by atoms with E-state index in [-0.39, 0.29) is 28.4 Å². The van der Waals surface area contributed by atoms with Crippen LogP contribution in [0.1, 0.15) is 36.5 Å². The maximum Gasteiger partial charge on any atom is 0.261 e. The van der Waals surface area contributed by atoms with Crippen molar-refractivity contribution >= 4 is 31.5 Å². The normalized spacial score (nSPS) is 18.1. The molecule has 2 aromatic rings. The molecule has 162 valence electrons. The molecule has 1 atom stereocenters. The number of sulfonamides is 1. The lowest BCUT2D eigenvalue weighted by Gasteiger charge is -2.28. The van der Waals surface area contributed by atoms with Gasteiger partial charge in [0, 0.05) is 30.5 Å². The Morgan fingerprint density at radius 1 is 1.17 bits per heavy atom. The minimum atomic E-state index is -3.80. The Balaban J connectivity index is 1.78. The fraction of sp³-hybridized carbons (Fsp3) is 0.400. The average Bonchev–Trinajstić information content (AvgIpc) is 3.08. The molecule has 1 aliphatic rings. The van der Waals surface area contributed by atoms with E-state index in [0.29, 0.717) is 24.2 Å². The number of nitrogens with zero attached hydrogens (tertiary/aromatic N) is 2. The number of benzene rings is 1. The molecule has 1 fully saturated rings. The van der Waals surface area contributed by atoms with Crippen LogP contribution >= 0.6 is 0 Å². The maximum absolute atomic E-state index is 13.1. The minimum absolute atomic E-state index is 0.0230. The highest BCUT2D eigenvalue weighted by Gasteiger charge is 2.34. The van der Waals surface area contributed by atoms with Crippen LogP contribution in [0.5, 0.6) is 0 Å². The molecule has 0 aliphatic carbocycles. The van der Waals surface area contributed by atoms with Crippen LogP contribution in [0.15, 0.2) is 53.7 Å². The van der Waals surface area contributed by atoms with E-state index in [1.54, 1.807) is 4.90 Å². The summed E-state index contributed by atoms with van der Waals surface area (Å²) >= 11 is 0. The van der Waals surface area contributed by atoms with Gasteiger partial charge in [0.15, 0.2) is 9.84 Å². The Morgan fingerprint density at radius 3 is 2.40 bits per heavy atom. The fourth-order valence-electron chi connectivity index (χ4n) is 3.38. The highest BCUT2D eigenvalue weighted by atomic mass is 32.2. The van der Waals surface area contributed by atoms with E-state index >= 15 is 0 Å². The van der Waals surface area contributed by atoms with E-state index in [1.807, 2.05) is 6.92 Å². The van der Waals surface area contributed by atoms with Crippen LogP contribution in [-0.4, -0.2) is 56.7 Å². The fourth-order valence-corrected chi connectivity index (χ4v) is 6.17. The van der Waals surface area contributed by atoms with Crippen molar-refractivity contribution < 1.29 is 21.6 Å².